The zero-order valence-corrected chi connectivity index (χ0v) is 18.6. The van der Waals surface area contributed by atoms with E-state index in [1.807, 2.05) is 36.4 Å². The summed E-state index contributed by atoms with van der Waals surface area (Å²) in [7, 11) is -3.52. The van der Waals surface area contributed by atoms with E-state index in [2.05, 4.69) is 21.2 Å². The van der Waals surface area contributed by atoms with Gasteiger partial charge in [0.05, 0.1) is 10.6 Å². The van der Waals surface area contributed by atoms with E-state index in [0.29, 0.717) is 30.8 Å². The number of rotatable bonds is 4. The van der Waals surface area contributed by atoms with Gasteiger partial charge >= 0.3 is 0 Å². The average Bonchev–Trinajstić information content (AvgIpc) is 2.75. The lowest BCUT2D eigenvalue weighted by molar-refractivity contribution is -0.120. The molecule has 0 atom stereocenters. The number of piperidine rings is 1. The summed E-state index contributed by atoms with van der Waals surface area (Å²) in [5.41, 5.74) is 3.18. The predicted molar refractivity (Wildman–Crippen MR) is 117 cm³/mol. The summed E-state index contributed by atoms with van der Waals surface area (Å²) in [6.45, 7) is 0.737. The number of aryl methyl sites for hydroxylation is 2. The molecule has 1 aliphatic heterocycles. The maximum absolute atomic E-state index is 13.1. The second kappa shape index (κ2) is 8.58. The van der Waals surface area contributed by atoms with Crippen LogP contribution in [-0.2, 0) is 27.7 Å². The highest BCUT2D eigenvalue weighted by Gasteiger charge is 2.32. The van der Waals surface area contributed by atoms with Gasteiger partial charge in [-0.1, -0.05) is 18.2 Å². The Morgan fingerprint density at radius 3 is 2.41 bits per heavy atom. The van der Waals surface area contributed by atoms with Gasteiger partial charge in [-0.15, -0.1) is 0 Å². The van der Waals surface area contributed by atoms with Crippen LogP contribution in [-0.4, -0.2) is 31.7 Å². The number of hydrogen-bond donors (Lipinski definition) is 1. The van der Waals surface area contributed by atoms with Gasteiger partial charge in [-0.2, -0.15) is 4.31 Å². The third kappa shape index (κ3) is 4.42. The van der Waals surface area contributed by atoms with Gasteiger partial charge in [0.15, 0.2) is 0 Å². The Balaban J connectivity index is 1.41. The monoisotopic (exact) mass is 476 g/mol. The summed E-state index contributed by atoms with van der Waals surface area (Å²) in [6.07, 6.45) is 5.34. The van der Waals surface area contributed by atoms with Crippen molar-refractivity contribution >= 4 is 37.5 Å². The van der Waals surface area contributed by atoms with Crippen molar-refractivity contribution in [1.82, 2.24) is 4.31 Å². The molecule has 154 valence electrons. The van der Waals surface area contributed by atoms with E-state index < -0.39 is 10.0 Å². The Labute approximate surface area is 180 Å². The number of halogens is 1. The van der Waals surface area contributed by atoms with E-state index in [1.54, 1.807) is 6.07 Å². The van der Waals surface area contributed by atoms with Crippen molar-refractivity contribution in [3.8, 4) is 0 Å². The topological polar surface area (TPSA) is 66.5 Å². The van der Waals surface area contributed by atoms with Crippen LogP contribution in [0.3, 0.4) is 0 Å². The molecule has 2 aromatic carbocycles. The van der Waals surface area contributed by atoms with Crippen LogP contribution >= 0.6 is 15.9 Å². The molecule has 0 spiro atoms. The fourth-order valence-corrected chi connectivity index (χ4v) is 6.08. The molecule has 2 aliphatic rings. The third-order valence-electron chi connectivity index (χ3n) is 5.91. The van der Waals surface area contributed by atoms with Gasteiger partial charge in [0.1, 0.15) is 0 Å². The maximum atomic E-state index is 13.1. The smallest absolute Gasteiger partial charge is 0.243 e. The van der Waals surface area contributed by atoms with E-state index in [4.69, 9.17) is 0 Å². The first-order valence-corrected chi connectivity index (χ1v) is 12.4. The number of benzene rings is 2. The molecule has 1 fully saturated rings. The number of para-hydroxylation sites is 1. The number of nitrogens with zero attached hydrogens (tertiary/aromatic N) is 1. The molecule has 7 heteroatoms. The molecule has 1 saturated heterocycles. The minimum Gasteiger partial charge on any atom is -0.325 e. The Hall–Kier alpha value is -1.70. The van der Waals surface area contributed by atoms with Crippen LogP contribution in [0.25, 0.3) is 0 Å². The number of fused-ring (bicyclic) bond motifs is 1. The van der Waals surface area contributed by atoms with Crippen LogP contribution in [0.4, 0.5) is 5.69 Å². The first-order valence-electron chi connectivity index (χ1n) is 10.1. The molecule has 0 unspecified atom stereocenters. The van der Waals surface area contributed by atoms with Crippen molar-refractivity contribution in [2.45, 2.75) is 43.4 Å². The number of anilines is 1. The Kier molecular flexibility index (Phi) is 6.08. The van der Waals surface area contributed by atoms with Gasteiger partial charge in [0.2, 0.25) is 15.9 Å². The van der Waals surface area contributed by atoms with Gasteiger partial charge in [-0.05, 0) is 89.8 Å². The van der Waals surface area contributed by atoms with Crippen molar-refractivity contribution in [2.75, 3.05) is 18.4 Å². The van der Waals surface area contributed by atoms with Gasteiger partial charge < -0.3 is 5.32 Å². The summed E-state index contributed by atoms with van der Waals surface area (Å²) >= 11 is 3.43. The first kappa shape index (κ1) is 20.6. The zero-order chi connectivity index (χ0) is 20.4. The van der Waals surface area contributed by atoms with Crippen molar-refractivity contribution in [3.63, 3.8) is 0 Å². The highest BCUT2D eigenvalue weighted by Crippen LogP contribution is 2.29. The van der Waals surface area contributed by atoms with Crippen molar-refractivity contribution in [2.24, 2.45) is 5.92 Å². The molecular weight excluding hydrogens is 452 g/mol. The SMILES string of the molecule is O=C(Nc1ccccc1Br)C1CCN(S(=O)(=O)c2ccc3c(c2)CCCC3)CC1. The van der Waals surface area contributed by atoms with Gasteiger partial charge in [-0.25, -0.2) is 8.42 Å². The number of nitrogens with one attached hydrogen (secondary N) is 1. The van der Waals surface area contributed by atoms with Crippen molar-refractivity contribution in [1.29, 1.82) is 0 Å². The van der Waals surface area contributed by atoms with E-state index in [1.165, 1.54) is 21.9 Å². The lowest BCUT2D eigenvalue weighted by atomic mass is 9.92. The molecule has 0 aromatic heterocycles. The van der Waals surface area contributed by atoms with Gasteiger partial charge in [0, 0.05) is 23.5 Å². The minimum atomic E-state index is -3.52. The molecule has 1 aliphatic carbocycles. The summed E-state index contributed by atoms with van der Waals surface area (Å²) in [5.74, 6) is -0.236. The fraction of sp³-hybridized carbons (Fsp3) is 0.409. The van der Waals surface area contributed by atoms with Gasteiger partial charge in [-0.3, -0.25) is 4.79 Å². The summed E-state index contributed by atoms with van der Waals surface area (Å²) < 4.78 is 28.6. The molecule has 0 saturated carbocycles. The second-order valence-corrected chi connectivity index (χ2v) is 10.6. The first-order chi connectivity index (χ1) is 13.9. The number of hydrogen-bond acceptors (Lipinski definition) is 3. The molecule has 1 amide bonds. The van der Waals surface area contributed by atoms with Crippen LogP contribution < -0.4 is 5.32 Å². The predicted octanol–water partition coefficient (Wildman–Crippen LogP) is 4.37. The standard InChI is InChI=1S/C22H25BrN2O3S/c23-20-7-3-4-8-21(20)24-22(26)17-11-13-25(14-12-17)29(27,28)19-10-9-16-5-1-2-6-18(16)15-19/h3-4,7-10,15,17H,1-2,5-6,11-14H2,(H,24,26). The third-order valence-corrected chi connectivity index (χ3v) is 8.50. The lowest BCUT2D eigenvalue weighted by Crippen LogP contribution is -2.41. The van der Waals surface area contributed by atoms with Crippen molar-refractivity contribution < 1.29 is 13.2 Å². The van der Waals surface area contributed by atoms with Crippen LogP contribution in [0.15, 0.2) is 51.8 Å². The van der Waals surface area contributed by atoms with E-state index >= 15 is 0 Å². The fourth-order valence-electron chi connectivity index (χ4n) is 4.18. The summed E-state index contributed by atoms with van der Waals surface area (Å²) in [6, 6.07) is 13.1. The van der Waals surface area contributed by atoms with Crippen LogP contribution in [0.1, 0.15) is 36.8 Å². The molecule has 1 heterocycles. The van der Waals surface area contributed by atoms with Crippen LogP contribution in [0.5, 0.6) is 0 Å². The average molecular weight is 477 g/mol. The second-order valence-electron chi connectivity index (χ2n) is 7.79. The molecule has 2 aromatic rings. The number of sulfonamides is 1. The van der Waals surface area contributed by atoms with Gasteiger partial charge in [0.25, 0.3) is 0 Å². The summed E-state index contributed by atoms with van der Waals surface area (Å²) in [4.78, 5) is 13.0. The molecule has 1 N–H and O–H groups in total. The Bertz CT molecular complexity index is 1010. The number of carbonyl (C=O) groups excluding carboxylic acids is 1. The number of carbonyl (C=O) groups is 1. The van der Waals surface area contributed by atoms with Crippen LogP contribution in [0, 0.1) is 5.92 Å². The van der Waals surface area contributed by atoms with E-state index in [9.17, 15) is 13.2 Å². The molecule has 5 nitrogen and oxygen atoms in total. The highest BCUT2D eigenvalue weighted by atomic mass is 79.9. The minimum absolute atomic E-state index is 0.0530. The summed E-state index contributed by atoms with van der Waals surface area (Å²) in [5, 5.41) is 2.95. The van der Waals surface area contributed by atoms with E-state index in [-0.39, 0.29) is 11.8 Å². The molecule has 29 heavy (non-hydrogen) atoms. The molecule has 0 radical (unpaired) electrons. The normalized spacial score (nSPS) is 18.2. The van der Waals surface area contributed by atoms with Crippen LogP contribution in [0.2, 0.25) is 0 Å². The Morgan fingerprint density at radius 1 is 1.00 bits per heavy atom. The quantitative estimate of drug-likeness (QED) is 0.712. The molecule has 4 rings (SSSR count). The highest BCUT2D eigenvalue weighted by molar-refractivity contribution is 9.10. The zero-order valence-electron chi connectivity index (χ0n) is 16.2. The number of amides is 1. The van der Waals surface area contributed by atoms with E-state index in [0.717, 1.165) is 29.4 Å². The largest absolute Gasteiger partial charge is 0.325 e. The maximum Gasteiger partial charge on any atom is 0.243 e. The molecular formula is C22H25BrN2O3S. The Morgan fingerprint density at radius 2 is 1.69 bits per heavy atom. The lowest BCUT2D eigenvalue weighted by Gasteiger charge is -2.31. The molecule has 0 bridgehead atoms. The van der Waals surface area contributed by atoms with Crippen molar-refractivity contribution in [3.05, 3.63) is 58.1 Å².